The van der Waals surface area contributed by atoms with Gasteiger partial charge in [0.05, 0.1) is 18.1 Å². The molecular weight excluding hydrogens is 242 g/mol. The first kappa shape index (κ1) is 11.8. The highest BCUT2D eigenvalue weighted by Gasteiger charge is 2.30. The smallest absolute Gasteiger partial charge is 0.229 e. The van der Waals surface area contributed by atoms with Gasteiger partial charge in [0.2, 0.25) is 11.9 Å². The van der Waals surface area contributed by atoms with Crippen molar-refractivity contribution in [2.24, 2.45) is 5.92 Å². The third-order valence-electron chi connectivity index (χ3n) is 3.42. The number of hydrogen-bond acceptors (Lipinski definition) is 3. The van der Waals surface area contributed by atoms with Gasteiger partial charge in [-0.3, -0.25) is 9.69 Å². The number of hydrogen-bond donors (Lipinski definition) is 1. The van der Waals surface area contributed by atoms with Gasteiger partial charge in [-0.1, -0.05) is 6.08 Å². The maximum absolute atomic E-state index is 11.9. The van der Waals surface area contributed by atoms with Crippen molar-refractivity contribution >= 4 is 22.9 Å². The molecule has 0 bridgehead atoms. The molecule has 3 rings (SSSR count). The minimum Gasteiger partial charge on any atom is -0.497 e. The lowest BCUT2D eigenvalue weighted by atomic mass is 10.1. The summed E-state index contributed by atoms with van der Waals surface area (Å²) in [7, 11) is 1.62. The normalized spacial score (nSPS) is 19.1. The maximum Gasteiger partial charge on any atom is 0.229 e. The zero-order chi connectivity index (χ0) is 13.4. The van der Waals surface area contributed by atoms with Crippen molar-refractivity contribution in [2.45, 2.75) is 6.42 Å². The molecule has 0 spiro atoms. The molecule has 1 N–H and O–H groups in total. The second-order valence-corrected chi connectivity index (χ2v) is 4.65. The number of fused-ring (bicyclic) bond motifs is 1. The van der Waals surface area contributed by atoms with Crippen molar-refractivity contribution in [3.8, 4) is 5.75 Å². The monoisotopic (exact) mass is 257 g/mol. The molecule has 19 heavy (non-hydrogen) atoms. The molecule has 1 aliphatic heterocycles. The lowest BCUT2D eigenvalue weighted by Crippen LogP contribution is -2.25. The molecule has 1 aromatic heterocycles. The zero-order valence-electron chi connectivity index (χ0n) is 10.7. The maximum atomic E-state index is 11.9. The van der Waals surface area contributed by atoms with Gasteiger partial charge in [0.15, 0.2) is 0 Å². The first-order valence-corrected chi connectivity index (χ1v) is 6.18. The van der Waals surface area contributed by atoms with E-state index in [1.807, 2.05) is 24.3 Å². The number of aromatic amines is 1. The number of methoxy groups -OCH3 is 1. The van der Waals surface area contributed by atoms with Crippen molar-refractivity contribution < 1.29 is 9.53 Å². The van der Waals surface area contributed by atoms with Gasteiger partial charge in [-0.15, -0.1) is 6.58 Å². The van der Waals surface area contributed by atoms with Crippen LogP contribution in [0, 0.1) is 5.92 Å². The zero-order valence-corrected chi connectivity index (χ0v) is 10.7. The number of H-pyrrole nitrogens is 1. The number of anilines is 1. The number of amides is 1. The van der Waals surface area contributed by atoms with Gasteiger partial charge in [0.25, 0.3) is 0 Å². The van der Waals surface area contributed by atoms with E-state index in [4.69, 9.17) is 4.74 Å². The Balaban J connectivity index is 1.97. The molecule has 2 heterocycles. The van der Waals surface area contributed by atoms with Crippen molar-refractivity contribution in [2.75, 3.05) is 18.6 Å². The number of aromatic nitrogens is 2. The molecule has 1 aliphatic rings. The Morgan fingerprint density at radius 3 is 3.11 bits per heavy atom. The van der Waals surface area contributed by atoms with Gasteiger partial charge in [0.1, 0.15) is 5.75 Å². The molecule has 0 aliphatic carbocycles. The number of carbonyl (C=O) groups is 1. The van der Waals surface area contributed by atoms with E-state index in [0.717, 1.165) is 16.8 Å². The van der Waals surface area contributed by atoms with Gasteiger partial charge >= 0.3 is 0 Å². The number of nitrogens with one attached hydrogen (secondary N) is 1. The highest BCUT2D eigenvalue weighted by atomic mass is 16.5. The molecule has 1 saturated heterocycles. The molecule has 5 heteroatoms. The van der Waals surface area contributed by atoms with E-state index < -0.39 is 0 Å². The Hall–Kier alpha value is -2.30. The molecule has 0 saturated carbocycles. The second-order valence-electron chi connectivity index (χ2n) is 4.65. The number of imidazole rings is 1. The van der Waals surface area contributed by atoms with E-state index in [0.29, 0.717) is 18.9 Å². The van der Waals surface area contributed by atoms with Crippen LogP contribution in [0.1, 0.15) is 6.42 Å². The molecule has 5 nitrogen and oxygen atoms in total. The molecular formula is C14H15N3O2. The fourth-order valence-corrected chi connectivity index (χ4v) is 2.33. The SMILES string of the molecule is C=CC1CC(=O)N(c2nc3ccc(OC)cc3[nH]2)C1. The first-order valence-electron chi connectivity index (χ1n) is 6.18. The van der Waals surface area contributed by atoms with E-state index in [1.54, 1.807) is 12.0 Å². The van der Waals surface area contributed by atoms with Gasteiger partial charge in [-0.05, 0) is 12.1 Å². The number of nitrogens with zero attached hydrogens (tertiary/aromatic N) is 2. The van der Waals surface area contributed by atoms with Crippen LogP contribution in [0.2, 0.25) is 0 Å². The van der Waals surface area contributed by atoms with Gasteiger partial charge in [0, 0.05) is 24.9 Å². The third kappa shape index (κ3) is 1.97. The van der Waals surface area contributed by atoms with E-state index >= 15 is 0 Å². The van der Waals surface area contributed by atoms with Gasteiger partial charge < -0.3 is 9.72 Å². The largest absolute Gasteiger partial charge is 0.497 e. The van der Waals surface area contributed by atoms with Crippen LogP contribution >= 0.6 is 0 Å². The molecule has 1 fully saturated rings. The fourth-order valence-electron chi connectivity index (χ4n) is 2.33. The van der Waals surface area contributed by atoms with E-state index in [9.17, 15) is 4.79 Å². The molecule has 98 valence electrons. The Bertz CT molecular complexity index is 647. The molecule has 0 radical (unpaired) electrons. The van der Waals surface area contributed by atoms with Crippen LogP contribution in [-0.4, -0.2) is 29.5 Å². The molecule has 1 atom stereocenters. The highest BCUT2D eigenvalue weighted by molar-refractivity contribution is 5.95. The average Bonchev–Trinajstić information content (AvgIpc) is 3.00. The van der Waals surface area contributed by atoms with Crippen LogP contribution in [-0.2, 0) is 4.79 Å². The highest BCUT2D eigenvalue weighted by Crippen LogP contribution is 2.26. The van der Waals surface area contributed by atoms with Crippen LogP contribution in [0.5, 0.6) is 5.75 Å². The predicted molar refractivity (Wildman–Crippen MR) is 73.3 cm³/mol. The van der Waals surface area contributed by atoms with Crippen LogP contribution < -0.4 is 9.64 Å². The second kappa shape index (κ2) is 4.42. The molecule has 2 aromatic rings. The summed E-state index contributed by atoms with van der Waals surface area (Å²) < 4.78 is 5.17. The summed E-state index contributed by atoms with van der Waals surface area (Å²) in [6.07, 6.45) is 2.33. The topological polar surface area (TPSA) is 58.2 Å². The summed E-state index contributed by atoms with van der Waals surface area (Å²) >= 11 is 0. The first-order chi connectivity index (χ1) is 9.21. The number of ether oxygens (including phenoxy) is 1. The third-order valence-corrected chi connectivity index (χ3v) is 3.42. The summed E-state index contributed by atoms with van der Waals surface area (Å²) in [6, 6.07) is 5.60. The van der Waals surface area contributed by atoms with Gasteiger partial charge in [-0.2, -0.15) is 0 Å². The Morgan fingerprint density at radius 1 is 1.58 bits per heavy atom. The summed E-state index contributed by atoms with van der Waals surface area (Å²) in [6.45, 7) is 4.38. The predicted octanol–water partition coefficient (Wildman–Crippen LogP) is 2.11. The molecule has 1 unspecified atom stereocenters. The van der Waals surface area contributed by atoms with E-state index in [-0.39, 0.29) is 11.8 Å². The Kier molecular flexibility index (Phi) is 2.74. The summed E-state index contributed by atoms with van der Waals surface area (Å²) in [5.41, 5.74) is 1.69. The van der Waals surface area contributed by atoms with Crippen molar-refractivity contribution in [1.29, 1.82) is 0 Å². The molecule has 1 amide bonds. The Labute approximate surface area is 110 Å². The van der Waals surface area contributed by atoms with Crippen molar-refractivity contribution in [3.05, 3.63) is 30.9 Å². The van der Waals surface area contributed by atoms with Crippen molar-refractivity contribution in [3.63, 3.8) is 0 Å². The average molecular weight is 257 g/mol. The lowest BCUT2D eigenvalue weighted by molar-refractivity contribution is -0.117. The summed E-state index contributed by atoms with van der Waals surface area (Å²) in [5.74, 6) is 1.64. The quantitative estimate of drug-likeness (QED) is 0.857. The fraction of sp³-hybridized carbons (Fsp3) is 0.286. The minimum atomic E-state index is 0.0796. The van der Waals surface area contributed by atoms with Crippen LogP contribution in [0.3, 0.4) is 0 Å². The van der Waals surface area contributed by atoms with E-state index in [2.05, 4.69) is 16.5 Å². The van der Waals surface area contributed by atoms with Crippen molar-refractivity contribution in [1.82, 2.24) is 9.97 Å². The van der Waals surface area contributed by atoms with Crippen LogP contribution in [0.4, 0.5) is 5.95 Å². The lowest BCUT2D eigenvalue weighted by Gasteiger charge is -2.11. The van der Waals surface area contributed by atoms with E-state index in [1.165, 1.54) is 0 Å². The number of carbonyl (C=O) groups excluding carboxylic acids is 1. The number of rotatable bonds is 3. The number of benzene rings is 1. The minimum absolute atomic E-state index is 0.0796. The van der Waals surface area contributed by atoms with Gasteiger partial charge in [-0.25, -0.2) is 4.98 Å². The standard InChI is InChI=1S/C14H15N3O2/c1-3-9-6-13(18)17(8-9)14-15-11-5-4-10(19-2)7-12(11)16-14/h3-5,7,9H,1,6,8H2,2H3,(H,15,16). The van der Waals surface area contributed by atoms with Crippen LogP contribution in [0.25, 0.3) is 11.0 Å². The molecule has 1 aromatic carbocycles. The summed E-state index contributed by atoms with van der Waals surface area (Å²) in [4.78, 5) is 21.2. The summed E-state index contributed by atoms with van der Waals surface area (Å²) in [5, 5.41) is 0. The Morgan fingerprint density at radius 2 is 2.42 bits per heavy atom. The van der Waals surface area contributed by atoms with Crippen LogP contribution in [0.15, 0.2) is 30.9 Å².